The van der Waals surface area contributed by atoms with Gasteiger partial charge in [-0.15, -0.1) is 0 Å². The van der Waals surface area contributed by atoms with Crippen molar-refractivity contribution in [1.82, 2.24) is 0 Å². The summed E-state index contributed by atoms with van der Waals surface area (Å²) in [7, 11) is -4.23. The highest BCUT2D eigenvalue weighted by molar-refractivity contribution is 7.88. The molecule has 1 aliphatic heterocycles. The first-order chi connectivity index (χ1) is 5.91. The molecule has 0 spiro atoms. The Labute approximate surface area is 92.2 Å². The lowest BCUT2D eigenvalue weighted by Gasteiger charge is -2.45. The molecule has 0 radical (unpaired) electrons. The van der Waals surface area contributed by atoms with Crippen LogP contribution in [0, 0.1) is 0 Å². The zero-order valence-electron chi connectivity index (χ0n) is 6.11. The van der Waals surface area contributed by atoms with Crippen molar-refractivity contribution in [3.05, 3.63) is 0 Å². The van der Waals surface area contributed by atoms with E-state index in [2.05, 4.69) is 4.18 Å². The Morgan fingerprint density at radius 2 is 1.57 bits per heavy atom. The van der Waals surface area contributed by atoms with Crippen molar-refractivity contribution >= 4 is 44.9 Å². The van der Waals surface area contributed by atoms with Crippen LogP contribution in [0.2, 0.25) is 0 Å². The third kappa shape index (κ3) is 1.80. The highest BCUT2D eigenvalue weighted by atomic mass is 35.6. The van der Waals surface area contributed by atoms with Crippen LogP contribution in [0.5, 0.6) is 0 Å². The maximum absolute atomic E-state index is 12.4. The molecule has 1 aliphatic rings. The molecule has 0 aliphatic carbocycles. The molecule has 1 rings (SSSR count). The largest absolute Gasteiger partial charge is 0.424 e. The quantitative estimate of drug-likeness (QED) is 0.507. The van der Waals surface area contributed by atoms with E-state index < -0.39 is 31.4 Å². The molecule has 1 fully saturated rings. The number of hydrogen-bond donors (Lipinski definition) is 0. The minimum absolute atomic E-state index is 1.39. The highest BCUT2D eigenvalue weighted by Gasteiger charge is 2.76. The van der Waals surface area contributed by atoms with Gasteiger partial charge in [0.05, 0.1) is 0 Å². The summed E-state index contributed by atoms with van der Waals surface area (Å²) in [6.45, 7) is 0. The van der Waals surface area contributed by atoms with Gasteiger partial charge in [0.25, 0.3) is 10.1 Å². The number of rotatable bonds is 0. The molecule has 1 atom stereocenters. The molecular weight excluding hydrogens is 291 g/mol. The predicted molar refractivity (Wildman–Crippen MR) is 43.9 cm³/mol. The fourth-order valence-corrected chi connectivity index (χ4v) is 3.41. The van der Waals surface area contributed by atoms with Crippen LogP contribution in [0.25, 0.3) is 0 Å². The molecule has 14 heavy (non-hydrogen) atoms. The van der Waals surface area contributed by atoms with Crippen LogP contribution in [0.3, 0.4) is 0 Å². The van der Waals surface area contributed by atoms with Crippen LogP contribution in [0.15, 0.2) is 0 Å². The van der Waals surface area contributed by atoms with Crippen LogP contribution in [-0.2, 0) is 14.3 Å². The third-order valence-electron chi connectivity index (χ3n) is 1.57. The van der Waals surface area contributed by atoms with E-state index >= 15 is 0 Å². The van der Waals surface area contributed by atoms with E-state index in [4.69, 9.17) is 34.8 Å². The number of halogens is 6. The van der Waals surface area contributed by atoms with Crippen molar-refractivity contribution < 1.29 is 25.8 Å². The first kappa shape index (κ1) is 12.6. The Balaban J connectivity index is 3.11. The summed E-state index contributed by atoms with van der Waals surface area (Å²) in [5, 5.41) is 0. The lowest BCUT2D eigenvalue weighted by Crippen LogP contribution is -2.69. The summed E-state index contributed by atoms with van der Waals surface area (Å²) >= 11 is 15.1. The van der Waals surface area contributed by atoms with Crippen molar-refractivity contribution in [2.75, 3.05) is 5.75 Å². The SMILES string of the molecule is O=S1(=O)CC(C(F)(F)F)(C(Cl)(Cl)Cl)O1. The zero-order chi connectivity index (χ0) is 11.4. The lowest BCUT2D eigenvalue weighted by molar-refractivity contribution is -0.250. The van der Waals surface area contributed by atoms with Crippen molar-refractivity contribution in [3.63, 3.8) is 0 Å². The molecular formula is C4H2Cl3F3O3S. The fraction of sp³-hybridized carbons (Fsp3) is 1.00. The second-order valence-corrected chi connectivity index (χ2v) is 6.46. The summed E-state index contributed by atoms with van der Waals surface area (Å²) in [5.74, 6) is -1.39. The molecule has 1 unspecified atom stereocenters. The van der Waals surface area contributed by atoms with Crippen LogP contribution in [0.4, 0.5) is 13.2 Å². The van der Waals surface area contributed by atoms with Gasteiger partial charge in [0, 0.05) is 0 Å². The Hall–Kier alpha value is 0.570. The minimum Gasteiger partial charge on any atom is -0.248 e. The molecule has 10 heteroatoms. The molecule has 1 saturated heterocycles. The summed E-state index contributed by atoms with van der Waals surface area (Å²) < 4.78 is 58.9. The molecule has 0 aromatic heterocycles. The lowest BCUT2D eigenvalue weighted by atomic mass is 10.1. The van der Waals surface area contributed by atoms with E-state index in [0.717, 1.165) is 0 Å². The first-order valence-corrected chi connectivity index (χ1v) is 5.69. The van der Waals surface area contributed by atoms with Crippen LogP contribution < -0.4 is 0 Å². The van der Waals surface area contributed by atoms with E-state index in [1.165, 1.54) is 0 Å². The Morgan fingerprint density at radius 3 is 1.64 bits per heavy atom. The molecule has 3 nitrogen and oxygen atoms in total. The maximum atomic E-state index is 12.4. The smallest absolute Gasteiger partial charge is 0.248 e. The van der Waals surface area contributed by atoms with Crippen LogP contribution in [0.1, 0.15) is 0 Å². The van der Waals surface area contributed by atoms with Gasteiger partial charge in [-0.05, 0) is 0 Å². The second kappa shape index (κ2) is 3.04. The van der Waals surface area contributed by atoms with E-state index in [1.54, 1.807) is 0 Å². The van der Waals surface area contributed by atoms with E-state index in [-0.39, 0.29) is 0 Å². The second-order valence-electron chi connectivity index (χ2n) is 2.61. The zero-order valence-corrected chi connectivity index (χ0v) is 9.19. The topological polar surface area (TPSA) is 43.4 Å². The van der Waals surface area contributed by atoms with Crippen LogP contribution >= 0.6 is 34.8 Å². The molecule has 0 amide bonds. The van der Waals surface area contributed by atoms with Crippen molar-refractivity contribution in [3.8, 4) is 0 Å². The summed E-state index contributed by atoms with van der Waals surface area (Å²) in [4.78, 5) is 0. The van der Waals surface area contributed by atoms with Gasteiger partial charge in [-0.3, -0.25) is 0 Å². The molecule has 0 saturated carbocycles. The van der Waals surface area contributed by atoms with Crippen molar-refractivity contribution in [1.29, 1.82) is 0 Å². The maximum Gasteiger partial charge on any atom is 0.424 e. The van der Waals surface area contributed by atoms with Gasteiger partial charge in [-0.1, -0.05) is 34.8 Å². The monoisotopic (exact) mass is 292 g/mol. The fourth-order valence-electron chi connectivity index (χ4n) is 0.878. The third-order valence-corrected chi connectivity index (χ3v) is 3.78. The molecule has 1 heterocycles. The van der Waals surface area contributed by atoms with Gasteiger partial charge < -0.3 is 0 Å². The van der Waals surface area contributed by atoms with Gasteiger partial charge in [0.2, 0.25) is 9.39 Å². The molecule has 0 N–H and O–H groups in total. The van der Waals surface area contributed by atoms with E-state index in [9.17, 15) is 21.6 Å². The molecule has 0 aromatic carbocycles. The van der Waals surface area contributed by atoms with E-state index in [1.807, 2.05) is 0 Å². The highest BCUT2D eigenvalue weighted by Crippen LogP contribution is 2.55. The average molecular weight is 293 g/mol. The Morgan fingerprint density at radius 1 is 1.21 bits per heavy atom. The minimum atomic E-state index is -5.07. The Bertz CT molecular complexity index is 315. The molecule has 84 valence electrons. The van der Waals surface area contributed by atoms with Gasteiger partial charge in [0.15, 0.2) is 0 Å². The van der Waals surface area contributed by atoms with Crippen molar-refractivity contribution in [2.24, 2.45) is 0 Å². The average Bonchev–Trinajstić information content (AvgIpc) is 1.75. The summed E-state index contributed by atoms with van der Waals surface area (Å²) in [5.41, 5.74) is -3.26. The standard InChI is InChI=1S/C4H2Cl3F3O3S/c5-3(6,7)2(4(8,9)10)1-14(11,12)13-2/h1H2. The Kier molecular flexibility index (Phi) is 2.74. The van der Waals surface area contributed by atoms with E-state index in [0.29, 0.717) is 0 Å². The van der Waals surface area contributed by atoms with Crippen LogP contribution in [-0.4, -0.2) is 29.7 Å². The van der Waals surface area contributed by atoms with Gasteiger partial charge in [-0.2, -0.15) is 21.6 Å². The predicted octanol–water partition coefficient (Wildman–Crippen LogP) is 2.02. The first-order valence-electron chi connectivity index (χ1n) is 2.98. The summed E-state index contributed by atoms with van der Waals surface area (Å²) in [6, 6.07) is 0. The summed E-state index contributed by atoms with van der Waals surface area (Å²) in [6.07, 6.45) is -5.07. The number of alkyl halides is 6. The molecule has 0 bridgehead atoms. The van der Waals surface area contributed by atoms with Gasteiger partial charge in [-0.25, -0.2) is 4.18 Å². The molecule has 0 aromatic rings. The van der Waals surface area contributed by atoms with Crippen molar-refractivity contribution in [2.45, 2.75) is 15.6 Å². The van der Waals surface area contributed by atoms with Gasteiger partial charge in [0.1, 0.15) is 5.75 Å². The van der Waals surface area contributed by atoms with Gasteiger partial charge >= 0.3 is 6.18 Å². The number of hydrogen-bond acceptors (Lipinski definition) is 3. The normalized spacial score (nSPS) is 32.4.